The van der Waals surface area contributed by atoms with Gasteiger partial charge < -0.3 is 10.5 Å². The second kappa shape index (κ2) is 2.46. The first-order valence-corrected chi connectivity index (χ1v) is 3.21. The first kappa shape index (κ1) is 6.05. The van der Waals surface area contributed by atoms with Gasteiger partial charge in [0.05, 0.1) is 6.10 Å². The van der Waals surface area contributed by atoms with Crippen LogP contribution in [0.5, 0.6) is 0 Å². The van der Waals surface area contributed by atoms with E-state index >= 15 is 0 Å². The quantitative estimate of drug-likeness (QED) is 0.540. The highest BCUT2D eigenvalue weighted by molar-refractivity contribution is 4.77. The summed E-state index contributed by atoms with van der Waals surface area (Å²) in [6.45, 7) is 2.97. The predicted octanol–water partition coefficient (Wildman–Crippen LogP) is 0.513. The SMILES string of the molecule is CC[C@@H]1OCC[C@@H]1N. The number of rotatable bonds is 1. The maximum Gasteiger partial charge on any atom is 0.0724 e. The largest absolute Gasteiger partial charge is 0.377 e. The zero-order chi connectivity index (χ0) is 5.98. The second-order valence-electron chi connectivity index (χ2n) is 2.27. The molecule has 2 N–H and O–H groups in total. The summed E-state index contributed by atoms with van der Waals surface area (Å²) in [7, 11) is 0. The van der Waals surface area contributed by atoms with E-state index in [9.17, 15) is 0 Å². The van der Waals surface area contributed by atoms with E-state index in [2.05, 4.69) is 6.92 Å². The van der Waals surface area contributed by atoms with E-state index in [1.807, 2.05) is 0 Å². The molecule has 2 heteroatoms. The molecule has 0 saturated carbocycles. The van der Waals surface area contributed by atoms with Crippen molar-refractivity contribution in [3.05, 3.63) is 0 Å². The lowest BCUT2D eigenvalue weighted by Crippen LogP contribution is -2.29. The molecule has 8 heavy (non-hydrogen) atoms. The molecule has 0 spiro atoms. The molecule has 48 valence electrons. The van der Waals surface area contributed by atoms with E-state index < -0.39 is 0 Å². The van der Waals surface area contributed by atoms with Crippen molar-refractivity contribution in [3.8, 4) is 0 Å². The molecule has 2 atom stereocenters. The maximum atomic E-state index is 5.66. The van der Waals surface area contributed by atoms with Crippen LogP contribution in [0.15, 0.2) is 0 Å². The van der Waals surface area contributed by atoms with Gasteiger partial charge in [-0.05, 0) is 12.8 Å². The normalized spacial score (nSPS) is 38.2. The Morgan fingerprint density at radius 2 is 2.50 bits per heavy atom. The highest BCUT2D eigenvalue weighted by atomic mass is 16.5. The van der Waals surface area contributed by atoms with Gasteiger partial charge in [0, 0.05) is 12.6 Å². The topological polar surface area (TPSA) is 35.2 Å². The Morgan fingerprint density at radius 1 is 1.75 bits per heavy atom. The fourth-order valence-electron chi connectivity index (χ4n) is 1.09. The van der Waals surface area contributed by atoms with E-state index in [4.69, 9.17) is 10.5 Å². The Bertz CT molecular complexity index is 74.9. The minimum Gasteiger partial charge on any atom is -0.377 e. The average Bonchev–Trinajstić information content (AvgIpc) is 2.14. The Hall–Kier alpha value is -0.0800. The van der Waals surface area contributed by atoms with E-state index in [-0.39, 0.29) is 0 Å². The third kappa shape index (κ3) is 1.01. The van der Waals surface area contributed by atoms with E-state index in [1.165, 1.54) is 0 Å². The summed E-state index contributed by atoms with van der Waals surface area (Å²) in [6, 6.07) is 0.306. The first-order chi connectivity index (χ1) is 3.84. The molecular weight excluding hydrogens is 102 g/mol. The lowest BCUT2D eigenvalue weighted by Gasteiger charge is -2.09. The van der Waals surface area contributed by atoms with E-state index in [0.29, 0.717) is 12.1 Å². The molecule has 0 bridgehead atoms. The molecule has 1 aliphatic rings. The van der Waals surface area contributed by atoms with Gasteiger partial charge >= 0.3 is 0 Å². The Kier molecular flexibility index (Phi) is 1.86. The van der Waals surface area contributed by atoms with Crippen LogP contribution in [0.2, 0.25) is 0 Å². The first-order valence-electron chi connectivity index (χ1n) is 3.21. The second-order valence-corrected chi connectivity index (χ2v) is 2.27. The van der Waals surface area contributed by atoms with Crippen LogP contribution in [0, 0.1) is 0 Å². The van der Waals surface area contributed by atoms with Crippen molar-refractivity contribution < 1.29 is 4.74 Å². The van der Waals surface area contributed by atoms with Crippen LogP contribution in [-0.4, -0.2) is 18.8 Å². The van der Waals surface area contributed by atoms with Crippen molar-refractivity contribution >= 4 is 0 Å². The van der Waals surface area contributed by atoms with E-state index in [0.717, 1.165) is 19.4 Å². The predicted molar refractivity (Wildman–Crippen MR) is 32.6 cm³/mol. The minimum absolute atomic E-state index is 0.306. The summed E-state index contributed by atoms with van der Waals surface area (Å²) in [5.41, 5.74) is 5.66. The van der Waals surface area contributed by atoms with Gasteiger partial charge in [-0.25, -0.2) is 0 Å². The fraction of sp³-hybridized carbons (Fsp3) is 1.00. The zero-order valence-electron chi connectivity index (χ0n) is 5.26. The molecule has 0 amide bonds. The van der Waals surface area contributed by atoms with Crippen LogP contribution in [0.3, 0.4) is 0 Å². The summed E-state index contributed by atoms with van der Waals surface area (Å²) in [5, 5.41) is 0. The van der Waals surface area contributed by atoms with Crippen LogP contribution in [0.25, 0.3) is 0 Å². The van der Waals surface area contributed by atoms with Crippen molar-refractivity contribution in [1.29, 1.82) is 0 Å². The summed E-state index contributed by atoms with van der Waals surface area (Å²) >= 11 is 0. The average molecular weight is 115 g/mol. The molecule has 0 radical (unpaired) electrons. The van der Waals surface area contributed by atoms with Gasteiger partial charge in [0.1, 0.15) is 0 Å². The Balaban J connectivity index is 2.30. The van der Waals surface area contributed by atoms with Crippen molar-refractivity contribution in [3.63, 3.8) is 0 Å². The molecule has 1 aliphatic heterocycles. The molecular formula is C6H13NO. The Morgan fingerprint density at radius 3 is 2.75 bits per heavy atom. The molecule has 1 rings (SSSR count). The van der Waals surface area contributed by atoms with Crippen molar-refractivity contribution in [1.82, 2.24) is 0 Å². The fourth-order valence-corrected chi connectivity index (χ4v) is 1.09. The van der Waals surface area contributed by atoms with Crippen molar-refractivity contribution in [2.24, 2.45) is 5.73 Å². The van der Waals surface area contributed by atoms with Gasteiger partial charge in [0.25, 0.3) is 0 Å². The van der Waals surface area contributed by atoms with Gasteiger partial charge in [0.15, 0.2) is 0 Å². The lowest BCUT2D eigenvalue weighted by molar-refractivity contribution is 0.101. The molecule has 1 fully saturated rings. The molecule has 0 unspecified atom stereocenters. The van der Waals surface area contributed by atoms with E-state index in [1.54, 1.807) is 0 Å². The van der Waals surface area contributed by atoms with Gasteiger partial charge in [-0.15, -0.1) is 0 Å². The molecule has 0 aliphatic carbocycles. The monoisotopic (exact) mass is 115 g/mol. The highest BCUT2D eigenvalue weighted by Gasteiger charge is 2.21. The standard InChI is InChI=1S/C6H13NO/c1-2-6-5(7)3-4-8-6/h5-6H,2-4,7H2,1H3/t5-,6-/m0/s1. The molecule has 2 nitrogen and oxygen atoms in total. The summed E-state index contributed by atoms with van der Waals surface area (Å²) in [4.78, 5) is 0. The van der Waals surface area contributed by atoms with Crippen LogP contribution in [0.4, 0.5) is 0 Å². The van der Waals surface area contributed by atoms with Gasteiger partial charge in [-0.2, -0.15) is 0 Å². The van der Waals surface area contributed by atoms with Gasteiger partial charge in [-0.1, -0.05) is 6.92 Å². The van der Waals surface area contributed by atoms with Gasteiger partial charge in [0.2, 0.25) is 0 Å². The van der Waals surface area contributed by atoms with Crippen LogP contribution in [-0.2, 0) is 4.74 Å². The van der Waals surface area contributed by atoms with Crippen LogP contribution < -0.4 is 5.73 Å². The molecule has 1 heterocycles. The third-order valence-corrected chi connectivity index (χ3v) is 1.66. The highest BCUT2D eigenvalue weighted by Crippen LogP contribution is 2.13. The Labute approximate surface area is 50.0 Å². The van der Waals surface area contributed by atoms with Crippen molar-refractivity contribution in [2.45, 2.75) is 31.9 Å². The number of ether oxygens (including phenoxy) is 1. The molecule has 0 aromatic rings. The zero-order valence-corrected chi connectivity index (χ0v) is 5.26. The third-order valence-electron chi connectivity index (χ3n) is 1.66. The molecule has 1 saturated heterocycles. The summed E-state index contributed by atoms with van der Waals surface area (Å²) in [5.74, 6) is 0. The number of hydrogen-bond donors (Lipinski definition) is 1. The smallest absolute Gasteiger partial charge is 0.0724 e. The minimum atomic E-state index is 0.306. The lowest BCUT2D eigenvalue weighted by atomic mass is 10.1. The molecule has 0 aromatic carbocycles. The van der Waals surface area contributed by atoms with Crippen molar-refractivity contribution in [2.75, 3.05) is 6.61 Å². The molecule has 0 aromatic heterocycles. The summed E-state index contributed by atoms with van der Waals surface area (Å²) in [6.07, 6.45) is 2.44. The van der Waals surface area contributed by atoms with Crippen LogP contribution in [0.1, 0.15) is 19.8 Å². The maximum absolute atomic E-state index is 5.66. The summed E-state index contributed by atoms with van der Waals surface area (Å²) < 4.78 is 5.29. The van der Waals surface area contributed by atoms with Crippen LogP contribution >= 0.6 is 0 Å². The number of hydrogen-bond acceptors (Lipinski definition) is 2. The number of nitrogens with two attached hydrogens (primary N) is 1. The van der Waals surface area contributed by atoms with Gasteiger partial charge in [-0.3, -0.25) is 0 Å².